The molecule has 0 bridgehead atoms. The lowest BCUT2D eigenvalue weighted by Crippen LogP contribution is -2.35. The Hall–Kier alpha value is -2.92. The van der Waals surface area contributed by atoms with Gasteiger partial charge >= 0.3 is 5.97 Å². The predicted octanol–water partition coefficient (Wildman–Crippen LogP) is 4.14. The summed E-state index contributed by atoms with van der Waals surface area (Å²) >= 11 is 0. The second-order valence-electron chi connectivity index (χ2n) is 7.04. The zero-order chi connectivity index (χ0) is 19.4. The Balaban J connectivity index is 2.03. The molecule has 5 heteroatoms. The van der Waals surface area contributed by atoms with E-state index in [9.17, 15) is 9.90 Å². The van der Waals surface area contributed by atoms with Crippen molar-refractivity contribution in [2.45, 2.75) is 33.4 Å². The molecule has 0 saturated heterocycles. The van der Waals surface area contributed by atoms with E-state index < -0.39 is 5.97 Å². The van der Waals surface area contributed by atoms with Crippen LogP contribution < -0.4 is 0 Å². The van der Waals surface area contributed by atoms with Crippen molar-refractivity contribution >= 4 is 5.97 Å². The molecule has 0 radical (unpaired) electrons. The van der Waals surface area contributed by atoms with Gasteiger partial charge in [-0.15, -0.1) is 0 Å². The van der Waals surface area contributed by atoms with E-state index in [1.54, 1.807) is 0 Å². The minimum absolute atomic E-state index is 0.00151. The summed E-state index contributed by atoms with van der Waals surface area (Å²) in [5.74, 6) is -0.823. The molecule has 3 rings (SSSR count). The number of nitrogens with zero attached hydrogens (tertiary/aromatic N) is 3. The normalized spacial score (nSPS) is 11.3. The van der Waals surface area contributed by atoms with Crippen LogP contribution in [0.3, 0.4) is 0 Å². The second kappa shape index (κ2) is 8.18. The van der Waals surface area contributed by atoms with Crippen molar-refractivity contribution in [1.29, 1.82) is 0 Å². The average molecular weight is 363 g/mol. The van der Waals surface area contributed by atoms with E-state index >= 15 is 0 Å². The van der Waals surface area contributed by atoms with Gasteiger partial charge in [-0.1, -0.05) is 48.0 Å². The monoisotopic (exact) mass is 363 g/mol. The summed E-state index contributed by atoms with van der Waals surface area (Å²) in [7, 11) is 0. The predicted molar refractivity (Wildman–Crippen MR) is 107 cm³/mol. The molecule has 140 valence electrons. The third-order valence-corrected chi connectivity index (χ3v) is 4.58. The van der Waals surface area contributed by atoms with E-state index in [2.05, 4.69) is 31.2 Å². The highest BCUT2D eigenvalue weighted by molar-refractivity contribution is 5.69. The molecule has 0 aliphatic heterocycles. The van der Waals surface area contributed by atoms with Crippen molar-refractivity contribution < 1.29 is 9.90 Å². The van der Waals surface area contributed by atoms with Crippen LogP contribution in [0.2, 0.25) is 0 Å². The van der Waals surface area contributed by atoms with Crippen LogP contribution in [-0.2, 0) is 11.3 Å². The summed E-state index contributed by atoms with van der Waals surface area (Å²) in [6.07, 6.45) is 2.00. The topological polar surface area (TPSA) is 58.4 Å². The van der Waals surface area contributed by atoms with Gasteiger partial charge in [0.1, 0.15) is 0 Å². The van der Waals surface area contributed by atoms with Crippen molar-refractivity contribution in [3.8, 4) is 16.9 Å². The number of aromatic nitrogens is 2. The third-order valence-electron chi connectivity index (χ3n) is 4.58. The summed E-state index contributed by atoms with van der Waals surface area (Å²) in [6, 6.07) is 18.3. The van der Waals surface area contributed by atoms with Gasteiger partial charge in [-0.3, -0.25) is 9.69 Å². The SMILES string of the molecule is Cc1ccc(-c2nn(-c3ccccc3)cc2CN(CC(=O)O)C(C)C)cc1. The van der Waals surface area contributed by atoms with Crippen LogP contribution in [0.5, 0.6) is 0 Å². The quantitative estimate of drug-likeness (QED) is 0.685. The van der Waals surface area contributed by atoms with Gasteiger partial charge in [0.05, 0.1) is 17.9 Å². The van der Waals surface area contributed by atoms with Gasteiger partial charge in [0.2, 0.25) is 0 Å². The molecule has 0 atom stereocenters. The van der Waals surface area contributed by atoms with Gasteiger partial charge in [0.25, 0.3) is 0 Å². The molecule has 0 aliphatic carbocycles. The molecule has 0 saturated carbocycles. The Labute approximate surface area is 159 Å². The molecule has 0 aliphatic rings. The van der Waals surface area contributed by atoms with Gasteiger partial charge in [-0.25, -0.2) is 4.68 Å². The highest BCUT2D eigenvalue weighted by Gasteiger charge is 2.19. The minimum Gasteiger partial charge on any atom is -0.480 e. The first-order chi connectivity index (χ1) is 12.9. The van der Waals surface area contributed by atoms with Crippen LogP contribution in [0.25, 0.3) is 16.9 Å². The van der Waals surface area contributed by atoms with Gasteiger partial charge in [-0.2, -0.15) is 5.10 Å². The molecular weight excluding hydrogens is 338 g/mol. The standard InChI is InChI=1S/C22H25N3O2/c1-16(2)24(15-21(26)27)13-19-14-25(20-7-5-4-6-8-20)23-22(19)18-11-9-17(3)10-12-18/h4-12,14,16H,13,15H2,1-3H3,(H,26,27). The third kappa shape index (κ3) is 4.63. The van der Waals surface area contributed by atoms with Crippen molar-refractivity contribution in [2.24, 2.45) is 0 Å². The summed E-state index contributed by atoms with van der Waals surface area (Å²) in [5, 5.41) is 14.1. The van der Waals surface area contributed by atoms with Crippen LogP contribution >= 0.6 is 0 Å². The fourth-order valence-electron chi connectivity index (χ4n) is 3.01. The number of benzene rings is 2. The van der Waals surface area contributed by atoms with E-state index in [0.717, 1.165) is 22.5 Å². The molecule has 0 amide bonds. The average Bonchev–Trinajstić information content (AvgIpc) is 3.06. The van der Waals surface area contributed by atoms with Crippen LogP contribution in [0.1, 0.15) is 25.0 Å². The van der Waals surface area contributed by atoms with Crippen LogP contribution in [0.15, 0.2) is 60.8 Å². The van der Waals surface area contributed by atoms with E-state index in [1.807, 2.05) is 60.0 Å². The molecular formula is C22H25N3O2. The smallest absolute Gasteiger partial charge is 0.317 e. The maximum atomic E-state index is 11.3. The zero-order valence-electron chi connectivity index (χ0n) is 16.0. The van der Waals surface area contributed by atoms with Crippen molar-refractivity contribution in [3.63, 3.8) is 0 Å². The number of carboxylic acids is 1. The Morgan fingerprint density at radius 1 is 1.11 bits per heavy atom. The maximum absolute atomic E-state index is 11.3. The molecule has 3 aromatic rings. The number of hydrogen-bond acceptors (Lipinski definition) is 3. The van der Waals surface area contributed by atoms with Gasteiger partial charge < -0.3 is 5.11 Å². The van der Waals surface area contributed by atoms with E-state index in [4.69, 9.17) is 5.10 Å². The molecule has 1 aromatic heterocycles. The second-order valence-corrected chi connectivity index (χ2v) is 7.04. The summed E-state index contributed by atoms with van der Waals surface area (Å²) in [4.78, 5) is 13.2. The number of aliphatic carboxylic acids is 1. The molecule has 5 nitrogen and oxygen atoms in total. The highest BCUT2D eigenvalue weighted by Crippen LogP contribution is 2.26. The van der Waals surface area contributed by atoms with Crippen molar-refractivity contribution in [2.75, 3.05) is 6.54 Å². The van der Waals surface area contributed by atoms with Crippen LogP contribution in [0.4, 0.5) is 0 Å². The lowest BCUT2D eigenvalue weighted by molar-refractivity contribution is -0.138. The number of carboxylic acid groups (broad SMARTS) is 1. The number of hydrogen-bond donors (Lipinski definition) is 1. The van der Waals surface area contributed by atoms with Crippen molar-refractivity contribution in [1.82, 2.24) is 14.7 Å². The Bertz CT molecular complexity index is 899. The molecule has 1 heterocycles. The Morgan fingerprint density at radius 3 is 2.37 bits per heavy atom. The van der Waals surface area contributed by atoms with Gasteiger partial charge in [-0.05, 0) is 32.9 Å². The molecule has 1 N–H and O–H groups in total. The fraction of sp³-hybridized carbons (Fsp3) is 0.273. The lowest BCUT2D eigenvalue weighted by Gasteiger charge is -2.24. The summed E-state index contributed by atoms with van der Waals surface area (Å²) in [5.41, 5.74) is 5.10. The first-order valence-corrected chi connectivity index (χ1v) is 9.11. The van der Waals surface area contributed by atoms with Gasteiger partial charge in [0, 0.05) is 29.9 Å². The van der Waals surface area contributed by atoms with Gasteiger partial charge in [0.15, 0.2) is 0 Å². The number of aryl methyl sites for hydroxylation is 1. The fourth-order valence-corrected chi connectivity index (χ4v) is 3.01. The van der Waals surface area contributed by atoms with Crippen LogP contribution in [-0.4, -0.2) is 38.3 Å². The van der Waals surface area contributed by atoms with Crippen molar-refractivity contribution in [3.05, 3.63) is 71.9 Å². The Morgan fingerprint density at radius 2 is 1.78 bits per heavy atom. The minimum atomic E-state index is -0.823. The lowest BCUT2D eigenvalue weighted by atomic mass is 10.1. The van der Waals surface area contributed by atoms with E-state index in [1.165, 1.54) is 5.56 Å². The molecule has 0 spiro atoms. The molecule has 0 unspecified atom stereocenters. The molecule has 27 heavy (non-hydrogen) atoms. The number of carbonyl (C=O) groups is 1. The first-order valence-electron chi connectivity index (χ1n) is 9.11. The Kier molecular flexibility index (Phi) is 5.72. The number of para-hydroxylation sites is 1. The first kappa shape index (κ1) is 18.9. The summed E-state index contributed by atoms with van der Waals surface area (Å²) in [6.45, 7) is 6.61. The largest absolute Gasteiger partial charge is 0.480 e. The van der Waals surface area contributed by atoms with Crippen LogP contribution in [0, 0.1) is 6.92 Å². The number of rotatable bonds is 7. The zero-order valence-corrected chi connectivity index (χ0v) is 16.0. The highest BCUT2D eigenvalue weighted by atomic mass is 16.4. The summed E-state index contributed by atoms with van der Waals surface area (Å²) < 4.78 is 1.86. The van der Waals surface area contributed by atoms with E-state index in [0.29, 0.717) is 6.54 Å². The molecule has 2 aromatic carbocycles. The maximum Gasteiger partial charge on any atom is 0.317 e. The van der Waals surface area contributed by atoms with E-state index in [-0.39, 0.29) is 12.6 Å². The molecule has 0 fully saturated rings.